The number of amides is 1. The van der Waals surface area contributed by atoms with Crippen LogP contribution in [0.3, 0.4) is 0 Å². The Labute approximate surface area is 123 Å². The molecule has 4 nitrogen and oxygen atoms in total. The number of hydrogen-bond donors (Lipinski definition) is 1. The van der Waals surface area contributed by atoms with Crippen LogP contribution in [0, 0.1) is 5.82 Å². The largest absolute Gasteiger partial charge is 0.321 e. The van der Waals surface area contributed by atoms with Crippen molar-refractivity contribution in [2.45, 2.75) is 0 Å². The lowest BCUT2D eigenvalue weighted by atomic mass is 10.1. The highest BCUT2D eigenvalue weighted by Crippen LogP contribution is 2.34. The van der Waals surface area contributed by atoms with E-state index < -0.39 is 5.82 Å². The minimum absolute atomic E-state index is 0.179. The second kappa shape index (κ2) is 4.85. The number of fused-ring (bicyclic) bond motifs is 1. The summed E-state index contributed by atoms with van der Waals surface area (Å²) in [6.07, 6.45) is 4.23. The van der Waals surface area contributed by atoms with E-state index in [1.165, 1.54) is 30.6 Å². The Bertz CT molecular complexity index is 761. The van der Waals surface area contributed by atoms with Gasteiger partial charge in [0.1, 0.15) is 5.15 Å². The molecule has 3 rings (SSSR count). The lowest BCUT2D eigenvalue weighted by molar-refractivity contribution is -0.110. The highest BCUT2D eigenvalue weighted by Gasteiger charge is 2.25. The van der Waals surface area contributed by atoms with Crippen LogP contribution in [0.25, 0.3) is 11.6 Å². The van der Waals surface area contributed by atoms with E-state index in [2.05, 4.69) is 15.3 Å². The number of carbonyl (C=O) groups is 1. The first-order valence-corrected chi connectivity index (χ1v) is 6.31. The minimum atomic E-state index is -0.676. The van der Waals surface area contributed by atoms with Crippen LogP contribution >= 0.6 is 23.2 Å². The van der Waals surface area contributed by atoms with Crippen molar-refractivity contribution in [1.29, 1.82) is 0 Å². The molecule has 0 atom stereocenters. The maximum absolute atomic E-state index is 13.8. The predicted molar refractivity (Wildman–Crippen MR) is 75.0 cm³/mol. The Morgan fingerprint density at radius 2 is 2.10 bits per heavy atom. The Morgan fingerprint density at radius 1 is 1.30 bits per heavy atom. The number of nitrogens with one attached hydrogen (secondary N) is 1. The van der Waals surface area contributed by atoms with E-state index in [9.17, 15) is 9.18 Å². The molecule has 1 aliphatic heterocycles. The molecule has 1 amide bonds. The summed E-state index contributed by atoms with van der Waals surface area (Å²) >= 11 is 11.4. The smallest absolute Gasteiger partial charge is 0.256 e. The van der Waals surface area contributed by atoms with Crippen molar-refractivity contribution in [3.05, 3.63) is 51.8 Å². The van der Waals surface area contributed by atoms with Gasteiger partial charge in [-0.2, -0.15) is 0 Å². The van der Waals surface area contributed by atoms with Crippen molar-refractivity contribution in [2.75, 3.05) is 5.32 Å². The first-order valence-electron chi connectivity index (χ1n) is 5.55. The molecule has 1 N–H and O–H groups in total. The third-order valence-electron chi connectivity index (χ3n) is 2.83. The molecule has 0 aromatic carbocycles. The average Bonchev–Trinajstić information content (AvgIpc) is 2.70. The van der Waals surface area contributed by atoms with E-state index in [0.717, 1.165) is 0 Å². The van der Waals surface area contributed by atoms with Gasteiger partial charge in [-0.1, -0.05) is 23.2 Å². The second-order valence-electron chi connectivity index (χ2n) is 4.07. The highest BCUT2D eigenvalue weighted by atomic mass is 35.5. The Morgan fingerprint density at radius 3 is 2.90 bits per heavy atom. The molecular weight excluding hydrogens is 304 g/mol. The van der Waals surface area contributed by atoms with Gasteiger partial charge >= 0.3 is 0 Å². The number of nitrogens with zero attached hydrogens (tertiary/aromatic N) is 2. The molecule has 2 aromatic heterocycles. The quantitative estimate of drug-likeness (QED) is 0.648. The fourth-order valence-electron chi connectivity index (χ4n) is 1.90. The number of hydrogen-bond acceptors (Lipinski definition) is 3. The number of aromatic nitrogens is 2. The van der Waals surface area contributed by atoms with Gasteiger partial charge in [-0.25, -0.2) is 14.4 Å². The summed E-state index contributed by atoms with van der Waals surface area (Å²) in [5.41, 5.74) is 1.58. The molecule has 0 bridgehead atoms. The van der Waals surface area contributed by atoms with Crippen molar-refractivity contribution >= 4 is 46.4 Å². The maximum atomic E-state index is 13.8. The van der Waals surface area contributed by atoms with Gasteiger partial charge in [-0.15, -0.1) is 0 Å². The van der Waals surface area contributed by atoms with Gasteiger partial charge in [0.15, 0.2) is 11.0 Å². The van der Waals surface area contributed by atoms with E-state index >= 15 is 0 Å². The van der Waals surface area contributed by atoms with Gasteiger partial charge in [0, 0.05) is 23.5 Å². The zero-order chi connectivity index (χ0) is 14.3. The summed E-state index contributed by atoms with van der Waals surface area (Å²) in [6, 6.07) is 2.97. The molecule has 2 aromatic rings. The van der Waals surface area contributed by atoms with Crippen LogP contribution in [0.15, 0.2) is 24.5 Å². The normalized spacial score (nSPS) is 15.3. The molecule has 0 unspecified atom stereocenters. The van der Waals surface area contributed by atoms with Crippen LogP contribution in [0.2, 0.25) is 10.3 Å². The topological polar surface area (TPSA) is 54.9 Å². The molecule has 0 spiro atoms. The molecule has 20 heavy (non-hydrogen) atoms. The van der Waals surface area contributed by atoms with Gasteiger partial charge in [0.05, 0.1) is 11.3 Å². The number of pyridine rings is 2. The molecular formula is C13H6Cl2FN3O. The molecule has 1 aliphatic rings. The van der Waals surface area contributed by atoms with Crippen LogP contribution in [0.4, 0.5) is 10.1 Å². The van der Waals surface area contributed by atoms with E-state index in [1.807, 2.05) is 0 Å². The molecule has 0 saturated carbocycles. The van der Waals surface area contributed by atoms with Crippen molar-refractivity contribution in [3.63, 3.8) is 0 Å². The highest BCUT2D eigenvalue weighted by molar-refractivity contribution is 6.36. The second-order valence-corrected chi connectivity index (χ2v) is 4.81. The Kier molecular flexibility index (Phi) is 3.16. The van der Waals surface area contributed by atoms with E-state index in [4.69, 9.17) is 23.2 Å². The SMILES string of the molecule is O=C1Nc2cc(Cl)ncc2C1=Cc1ccnc(Cl)c1F. The van der Waals surface area contributed by atoms with Crippen molar-refractivity contribution < 1.29 is 9.18 Å². The minimum Gasteiger partial charge on any atom is -0.321 e. The summed E-state index contributed by atoms with van der Waals surface area (Å²) in [4.78, 5) is 19.5. The lowest BCUT2D eigenvalue weighted by Crippen LogP contribution is -2.03. The van der Waals surface area contributed by atoms with Crippen LogP contribution in [-0.4, -0.2) is 15.9 Å². The molecule has 0 saturated heterocycles. The molecule has 3 heterocycles. The monoisotopic (exact) mass is 309 g/mol. The fraction of sp³-hybridized carbons (Fsp3) is 0. The fourth-order valence-corrected chi connectivity index (χ4v) is 2.23. The molecule has 0 radical (unpaired) electrons. The van der Waals surface area contributed by atoms with Crippen LogP contribution in [0.1, 0.15) is 11.1 Å². The number of rotatable bonds is 1. The first-order chi connectivity index (χ1) is 9.56. The Balaban J connectivity index is 2.14. The predicted octanol–water partition coefficient (Wildman–Crippen LogP) is 3.42. The summed E-state index contributed by atoms with van der Waals surface area (Å²) in [7, 11) is 0. The van der Waals surface area contributed by atoms with Gasteiger partial charge in [-0.3, -0.25) is 4.79 Å². The molecule has 0 aliphatic carbocycles. The molecule has 0 fully saturated rings. The molecule has 7 heteroatoms. The van der Waals surface area contributed by atoms with Crippen molar-refractivity contribution in [2.24, 2.45) is 0 Å². The van der Waals surface area contributed by atoms with E-state index in [1.54, 1.807) is 0 Å². The zero-order valence-electron chi connectivity index (χ0n) is 9.82. The van der Waals surface area contributed by atoms with E-state index in [-0.39, 0.29) is 21.8 Å². The summed E-state index contributed by atoms with van der Waals surface area (Å²) in [6.45, 7) is 0. The van der Waals surface area contributed by atoms with Gasteiger partial charge in [0.25, 0.3) is 5.91 Å². The average molecular weight is 310 g/mol. The van der Waals surface area contributed by atoms with Crippen LogP contribution < -0.4 is 5.32 Å². The Hall–Kier alpha value is -1.98. The summed E-state index contributed by atoms with van der Waals surface area (Å²) in [5.74, 6) is -1.03. The summed E-state index contributed by atoms with van der Waals surface area (Å²) in [5, 5.41) is 2.66. The maximum Gasteiger partial charge on any atom is 0.256 e. The third-order valence-corrected chi connectivity index (χ3v) is 3.30. The van der Waals surface area contributed by atoms with Crippen LogP contribution in [-0.2, 0) is 4.79 Å². The molecule has 100 valence electrons. The standard InChI is InChI=1S/C13H6Cl2FN3O/c14-10-4-9-8(5-18-10)7(13(20)19-9)3-6-1-2-17-12(15)11(6)16/h1-5H,(H,19,20). The number of anilines is 1. The number of halogens is 3. The van der Waals surface area contributed by atoms with Gasteiger partial charge < -0.3 is 5.32 Å². The van der Waals surface area contributed by atoms with Gasteiger partial charge in [-0.05, 0) is 18.2 Å². The zero-order valence-corrected chi connectivity index (χ0v) is 11.3. The van der Waals surface area contributed by atoms with E-state index in [0.29, 0.717) is 16.8 Å². The van der Waals surface area contributed by atoms with Gasteiger partial charge in [0.2, 0.25) is 0 Å². The van der Waals surface area contributed by atoms with Crippen LogP contribution in [0.5, 0.6) is 0 Å². The third kappa shape index (κ3) is 2.15. The lowest BCUT2D eigenvalue weighted by Gasteiger charge is -2.00. The van der Waals surface area contributed by atoms with Crippen molar-refractivity contribution in [3.8, 4) is 0 Å². The summed E-state index contributed by atoms with van der Waals surface area (Å²) < 4.78 is 13.8. The van der Waals surface area contributed by atoms with Crippen molar-refractivity contribution in [1.82, 2.24) is 9.97 Å². The first kappa shape index (κ1) is 13.0. The number of carbonyl (C=O) groups excluding carboxylic acids is 1.